The highest BCUT2D eigenvalue weighted by Crippen LogP contribution is 2.23. The summed E-state index contributed by atoms with van der Waals surface area (Å²) in [6.07, 6.45) is 6.02. The molecule has 0 spiro atoms. The van der Waals surface area contributed by atoms with E-state index in [0.717, 1.165) is 56.9 Å². The van der Waals surface area contributed by atoms with Crippen molar-refractivity contribution in [3.63, 3.8) is 0 Å². The van der Waals surface area contributed by atoms with E-state index in [-0.39, 0.29) is 11.9 Å². The summed E-state index contributed by atoms with van der Waals surface area (Å²) in [5.74, 6) is 1.48. The first-order valence-electron chi connectivity index (χ1n) is 10.4. The van der Waals surface area contributed by atoms with Crippen molar-refractivity contribution >= 4 is 5.91 Å². The van der Waals surface area contributed by atoms with Gasteiger partial charge in [0.15, 0.2) is 0 Å². The molecule has 2 aliphatic heterocycles. The van der Waals surface area contributed by atoms with Crippen molar-refractivity contribution in [3.05, 3.63) is 47.8 Å². The van der Waals surface area contributed by atoms with Crippen LogP contribution in [0.25, 0.3) is 0 Å². The molecule has 0 saturated carbocycles. The van der Waals surface area contributed by atoms with Gasteiger partial charge in [0.25, 0.3) is 0 Å². The lowest BCUT2D eigenvalue weighted by atomic mass is 10.1. The first kappa shape index (κ1) is 19.9. The number of ether oxygens (including phenoxy) is 2. The standard InChI is InChI=1S/C22H30N4O3/c1-28-21-6-2-4-17(8-21)11-25-12-19-13-26(20(14-25)16-29-15-19)22(27)7-3-5-18-9-23-24-10-18/h2,4,6,8-10,19-20H,3,5,7,11-16H2,1H3,(H,23,24)/t19-,20-/m0/s1. The molecule has 1 aromatic carbocycles. The van der Waals surface area contributed by atoms with Crippen molar-refractivity contribution in [1.82, 2.24) is 20.0 Å². The molecule has 0 aliphatic carbocycles. The molecule has 2 aliphatic rings. The molecule has 7 nitrogen and oxygen atoms in total. The zero-order valence-corrected chi connectivity index (χ0v) is 17.0. The molecule has 1 amide bonds. The highest BCUT2D eigenvalue weighted by molar-refractivity contribution is 5.76. The Morgan fingerprint density at radius 2 is 2.21 bits per heavy atom. The van der Waals surface area contributed by atoms with E-state index in [9.17, 15) is 4.79 Å². The molecule has 2 aromatic rings. The number of nitrogens with zero attached hydrogens (tertiary/aromatic N) is 3. The maximum absolute atomic E-state index is 13.0. The summed E-state index contributed by atoms with van der Waals surface area (Å²) >= 11 is 0. The van der Waals surface area contributed by atoms with E-state index in [0.29, 0.717) is 18.9 Å². The summed E-state index contributed by atoms with van der Waals surface area (Å²) in [7, 11) is 1.70. The number of aromatic nitrogens is 2. The van der Waals surface area contributed by atoms with Crippen molar-refractivity contribution in [1.29, 1.82) is 0 Å². The second kappa shape index (κ2) is 9.41. The van der Waals surface area contributed by atoms with Gasteiger partial charge in [-0.3, -0.25) is 14.8 Å². The van der Waals surface area contributed by atoms with Gasteiger partial charge in [-0.15, -0.1) is 0 Å². The fraction of sp³-hybridized carbons (Fsp3) is 0.545. The predicted molar refractivity (Wildman–Crippen MR) is 110 cm³/mol. The van der Waals surface area contributed by atoms with Crippen molar-refractivity contribution in [2.75, 3.05) is 40.0 Å². The molecule has 3 heterocycles. The first-order chi connectivity index (χ1) is 14.2. The topological polar surface area (TPSA) is 70.7 Å². The molecular formula is C22H30N4O3. The first-order valence-corrected chi connectivity index (χ1v) is 10.4. The third-order valence-electron chi connectivity index (χ3n) is 5.82. The molecular weight excluding hydrogens is 368 g/mol. The maximum atomic E-state index is 13.0. The van der Waals surface area contributed by atoms with E-state index in [1.165, 1.54) is 5.56 Å². The van der Waals surface area contributed by atoms with Crippen molar-refractivity contribution in [3.8, 4) is 5.75 Å². The van der Waals surface area contributed by atoms with Crippen LogP contribution in [0.15, 0.2) is 36.7 Å². The average molecular weight is 399 g/mol. The normalized spacial score (nSPS) is 22.3. The zero-order chi connectivity index (χ0) is 20.1. The summed E-state index contributed by atoms with van der Waals surface area (Å²) < 4.78 is 11.2. The minimum Gasteiger partial charge on any atom is -0.497 e. The number of hydrogen-bond acceptors (Lipinski definition) is 5. The van der Waals surface area contributed by atoms with Crippen LogP contribution in [0.3, 0.4) is 0 Å². The van der Waals surface area contributed by atoms with Crippen LogP contribution < -0.4 is 4.74 Å². The molecule has 156 valence electrons. The van der Waals surface area contributed by atoms with Crippen LogP contribution in [0, 0.1) is 5.92 Å². The van der Waals surface area contributed by atoms with Crippen molar-refractivity contribution in [2.24, 2.45) is 5.92 Å². The van der Waals surface area contributed by atoms with Gasteiger partial charge in [-0.25, -0.2) is 0 Å². The van der Waals surface area contributed by atoms with E-state index in [1.807, 2.05) is 24.5 Å². The Morgan fingerprint density at radius 3 is 3.03 bits per heavy atom. The van der Waals surface area contributed by atoms with Gasteiger partial charge in [-0.2, -0.15) is 5.10 Å². The van der Waals surface area contributed by atoms with E-state index in [1.54, 1.807) is 7.11 Å². The number of carbonyl (C=O) groups excluding carboxylic acids is 1. The Labute approximate surface area is 172 Å². The van der Waals surface area contributed by atoms with Gasteiger partial charge in [0.2, 0.25) is 5.91 Å². The fourth-order valence-electron chi connectivity index (χ4n) is 4.41. The van der Waals surface area contributed by atoms with Gasteiger partial charge in [-0.1, -0.05) is 12.1 Å². The molecule has 2 saturated heterocycles. The van der Waals surface area contributed by atoms with Gasteiger partial charge in [0.05, 0.1) is 32.6 Å². The minimum absolute atomic E-state index is 0.120. The van der Waals surface area contributed by atoms with Gasteiger partial charge in [-0.05, 0) is 36.1 Å². The summed E-state index contributed by atoms with van der Waals surface area (Å²) in [4.78, 5) is 17.5. The van der Waals surface area contributed by atoms with Gasteiger partial charge in [0.1, 0.15) is 5.75 Å². The van der Waals surface area contributed by atoms with Crippen LogP contribution in [-0.2, 0) is 22.5 Å². The molecule has 4 rings (SSSR count). The average Bonchev–Trinajstić information content (AvgIpc) is 3.07. The van der Waals surface area contributed by atoms with Crippen LogP contribution in [0.4, 0.5) is 0 Å². The maximum Gasteiger partial charge on any atom is 0.222 e. The summed E-state index contributed by atoms with van der Waals surface area (Å²) in [6.45, 7) is 4.81. The summed E-state index contributed by atoms with van der Waals surface area (Å²) in [5, 5.41) is 6.80. The van der Waals surface area contributed by atoms with Crippen LogP contribution in [-0.4, -0.2) is 71.9 Å². The quantitative estimate of drug-likeness (QED) is 0.773. The lowest BCUT2D eigenvalue weighted by Crippen LogP contribution is -2.46. The number of aromatic amines is 1. The fourth-order valence-corrected chi connectivity index (χ4v) is 4.41. The van der Waals surface area contributed by atoms with Gasteiger partial charge < -0.3 is 14.4 Å². The third-order valence-corrected chi connectivity index (χ3v) is 5.82. The third kappa shape index (κ3) is 5.16. The number of carbonyl (C=O) groups is 1. The lowest BCUT2D eigenvalue weighted by Gasteiger charge is -2.31. The molecule has 0 unspecified atom stereocenters. The predicted octanol–water partition coefficient (Wildman–Crippen LogP) is 2.10. The van der Waals surface area contributed by atoms with E-state index in [2.05, 4.69) is 32.1 Å². The number of fused-ring (bicyclic) bond motifs is 3. The number of H-pyrrole nitrogens is 1. The number of rotatable bonds is 7. The van der Waals surface area contributed by atoms with E-state index < -0.39 is 0 Å². The number of amides is 1. The smallest absolute Gasteiger partial charge is 0.222 e. The molecule has 1 N–H and O–H groups in total. The number of nitrogens with one attached hydrogen (secondary N) is 1. The second-order valence-corrected chi connectivity index (χ2v) is 8.11. The molecule has 2 bridgehead atoms. The number of benzene rings is 1. The largest absolute Gasteiger partial charge is 0.497 e. The zero-order valence-electron chi connectivity index (χ0n) is 17.0. The van der Waals surface area contributed by atoms with E-state index in [4.69, 9.17) is 9.47 Å². The minimum atomic E-state index is 0.120. The Bertz CT molecular complexity index is 795. The molecule has 1 aromatic heterocycles. The van der Waals surface area contributed by atoms with Crippen molar-refractivity contribution < 1.29 is 14.3 Å². The molecule has 7 heteroatoms. The number of hydrogen-bond donors (Lipinski definition) is 1. The second-order valence-electron chi connectivity index (χ2n) is 8.11. The Morgan fingerprint density at radius 1 is 1.28 bits per heavy atom. The molecule has 2 fully saturated rings. The highest BCUT2D eigenvalue weighted by Gasteiger charge is 2.35. The van der Waals surface area contributed by atoms with Crippen LogP contribution >= 0.6 is 0 Å². The lowest BCUT2D eigenvalue weighted by molar-refractivity contribution is -0.134. The van der Waals surface area contributed by atoms with Crippen LogP contribution in [0.1, 0.15) is 24.0 Å². The number of methoxy groups -OCH3 is 1. The van der Waals surface area contributed by atoms with Gasteiger partial charge >= 0.3 is 0 Å². The van der Waals surface area contributed by atoms with Crippen LogP contribution in [0.5, 0.6) is 5.75 Å². The van der Waals surface area contributed by atoms with Crippen molar-refractivity contribution in [2.45, 2.75) is 31.8 Å². The van der Waals surface area contributed by atoms with Gasteiger partial charge in [0, 0.05) is 44.7 Å². The van der Waals surface area contributed by atoms with E-state index >= 15 is 0 Å². The molecule has 2 atom stereocenters. The Hall–Kier alpha value is -2.38. The summed E-state index contributed by atoms with van der Waals surface area (Å²) in [5.41, 5.74) is 2.39. The highest BCUT2D eigenvalue weighted by atomic mass is 16.5. The SMILES string of the molecule is COc1cccc(CN2C[C@@H]3COC[C@H](C2)N(C(=O)CCCc2cn[nH]c2)C3)c1. The Balaban J connectivity index is 1.37. The monoisotopic (exact) mass is 398 g/mol. The van der Waals surface area contributed by atoms with Crippen LogP contribution in [0.2, 0.25) is 0 Å². The molecule has 29 heavy (non-hydrogen) atoms. The Kier molecular flexibility index (Phi) is 6.46. The summed E-state index contributed by atoms with van der Waals surface area (Å²) in [6, 6.07) is 8.35. The molecule has 0 radical (unpaired) electrons. The number of aryl methyl sites for hydroxylation is 1.